The molecule has 7 heteroatoms. The number of aromatic nitrogens is 2. The first-order valence-electron chi connectivity index (χ1n) is 7.86. The molecule has 1 saturated heterocycles. The van der Waals surface area contributed by atoms with Crippen molar-refractivity contribution in [1.82, 2.24) is 15.3 Å². The lowest BCUT2D eigenvalue weighted by molar-refractivity contribution is -0.117. The molecule has 0 radical (unpaired) electrons. The van der Waals surface area contributed by atoms with Gasteiger partial charge in [0.1, 0.15) is 5.82 Å². The van der Waals surface area contributed by atoms with Crippen LogP contribution < -0.4 is 15.5 Å². The first-order chi connectivity index (χ1) is 11.6. The highest BCUT2D eigenvalue weighted by Gasteiger charge is 2.28. The Hall–Kier alpha value is -2.96. The van der Waals surface area contributed by atoms with Gasteiger partial charge in [-0.15, -0.1) is 0 Å². The summed E-state index contributed by atoms with van der Waals surface area (Å²) in [4.78, 5) is 34.0. The topological polar surface area (TPSA) is 87.2 Å². The van der Waals surface area contributed by atoms with E-state index in [1.807, 2.05) is 25.1 Å². The summed E-state index contributed by atoms with van der Waals surface area (Å²) in [5.74, 6) is 0.497. The predicted octanol–water partition coefficient (Wildman–Crippen LogP) is 2.31. The fraction of sp³-hybridized carbons (Fsp3) is 0.294. The molecule has 0 saturated carbocycles. The van der Waals surface area contributed by atoms with E-state index in [0.29, 0.717) is 18.8 Å². The first-order valence-corrected chi connectivity index (χ1v) is 7.86. The molecule has 0 aliphatic carbocycles. The van der Waals surface area contributed by atoms with E-state index in [1.54, 1.807) is 29.4 Å². The Balaban J connectivity index is 1.62. The van der Waals surface area contributed by atoms with E-state index < -0.39 is 0 Å². The van der Waals surface area contributed by atoms with Crippen molar-refractivity contribution >= 4 is 23.4 Å². The summed E-state index contributed by atoms with van der Waals surface area (Å²) in [6, 6.07) is 8.79. The van der Waals surface area contributed by atoms with Gasteiger partial charge in [0.15, 0.2) is 0 Å². The fourth-order valence-corrected chi connectivity index (χ4v) is 2.70. The number of hydrogen-bond donors (Lipinski definition) is 2. The van der Waals surface area contributed by atoms with Crippen molar-refractivity contribution in [2.24, 2.45) is 0 Å². The van der Waals surface area contributed by atoms with Crippen molar-refractivity contribution in [3.63, 3.8) is 0 Å². The Morgan fingerprint density at radius 2 is 2.17 bits per heavy atom. The van der Waals surface area contributed by atoms with Crippen LogP contribution in [0.3, 0.4) is 0 Å². The van der Waals surface area contributed by atoms with Crippen LogP contribution in [0.4, 0.5) is 16.3 Å². The average molecular weight is 325 g/mol. The van der Waals surface area contributed by atoms with Crippen LogP contribution in [0.15, 0.2) is 42.7 Å². The maximum atomic E-state index is 12.0. The summed E-state index contributed by atoms with van der Waals surface area (Å²) < 4.78 is 0. The molecule has 1 atom stereocenters. The van der Waals surface area contributed by atoms with Gasteiger partial charge in [-0.25, -0.2) is 9.78 Å². The quantitative estimate of drug-likeness (QED) is 0.903. The minimum atomic E-state index is -0.369. The lowest BCUT2D eigenvalue weighted by atomic mass is 10.2. The van der Waals surface area contributed by atoms with Crippen LogP contribution in [-0.2, 0) is 11.3 Å². The molecule has 0 aromatic carbocycles. The lowest BCUT2D eigenvalue weighted by Crippen LogP contribution is -2.31. The fourth-order valence-electron chi connectivity index (χ4n) is 2.70. The zero-order valence-electron chi connectivity index (χ0n) is 13.4. The second kappa shape index (κ2) is 7.08. The summed E-state index contributed by atoms with van der Waals surface area (Å²) in [5.41, 5.74) is 1.52. The Kier molecular flexibility index (Phi) is 4.69. The molecule has 24 heavy (non-hydrogen) atoms. The van der Waals surface area contributed by atoms with E-state index in [-0.39, 0.29) is 18.0 Å². The number of urea groups is 1. The SMILES string of the molecule is CC1CCC(=O)N1c1ccnc(NC(=O)NCc2ccccn2)c1. The average Bonchev–Trinajstić information content (AvgIpc) is 2.93. The van der Waals surface area contributed by atoms with Crippen LogP contribution in [0.5, 0.6) is 0 Å². The van der Waals surface area contributed by atoms with Gasteiger partial charge in [0.05, 0.1) is 12.2 Å². The molecule has 124 valence electrons. The zero-order valence-corrected chi connectivity index (χ0v) is 13.4. The second-order valence-corrected chi connectivity index (χ2v) is 5.68. The number of nitrogens with one attached hydrogen (secondary N) is 2. The van der Waals surface area contributed by atoms with Crippen molar-refractivity contribution in [3.05, 3.63) is 48.4 Å². The molecule has 7 nitrogen and oxygen atoms in total. The molecule has 2 aromatic rings. The van der Waals surface area contributed by atoms with Crippen molar-refractivity contribution in [3.8, 4) is 0 Å². The zero-order chi connectivity index (χ0) is 16.9. The predicted molar refractivity (Wildman–Crippen MR) is 90.5 cm³/mol. The molecule has 0 spiro atoms. The van der Waals surface area contributed by atoms with Crippen molar-refractivity contribution in [2.75, 3.05) is 10.2 Å². The van der Waals surface area contributed by atoms with Gasteiger partial charge < -0.3 is 10.2 Å². The van der Waals surface area contributed by atoms with Gasteiger partial charge in [-0.05, 0) is 31.5 Å². The second-order valence-electron chi connectivity index (χ2n) is 5.68. The standard InChI is InChI=1S/C17H19N5O2/c1-12-5-6-16(23)22(12)14-7-9-19-15(10-14)21-17(24)20-11-13-4-2-3-8-18-13/h2-4,7-10,12H,5-6,11H2,1H3,(H2,19,20,21,24). The third kappa shape index (κ3) is 3.68. The maximum absolute atomic E-state index is 12.0. The van der Waals surface area contributed by atoms with Gasteiger partial charge >= 0.3 is 6.03 Å². The monoisotopic (exact) mass is 325 g/mol. The van der Waals surface area contributed by atoms with Gasteiger partial charge in [-0.2, -0.15) is 0 Å². The number of hydrogen-bond acceptors (Lipinski definition) is 4. The summed E-state index contributed by atoms with van der Waals surface area (Å²) in [5, 5.41) is 5.40. The van der Waals surface area contributed by atoms with Gasteiger partial charge in [-0.1, -0.05) is 6.07 Å². The Bertz CT molecular complexity index is 735. The molecule has 3 heterocycles. The molecule has 3 amide bonds. The van der Waals surface area contributed by atoms with E-state index in [4.69, 9.17) is 0 Å². The Labute approximate surface area is 140 Å². The van der Waals surface area contributed by atoms with E-state index in [1.165, 1.54) is 0 Å². The smallest absolute Gasteiger partial charge is 0.320 e. The number of anilines is 2. The third-order valence-corrected chi connectivity index (χ3v) is 3.90. The van der Waals surface area contributed by atoms with Crippen LogP contribution in [-0.4, -0.2) is 27.9 Å². The molecule has 1 fully saturated rings. The normalized spacial score (nSPS) is 17.0. The summed E-state index contributed by atoms with van der Waals surface area (Å²) >= 11 is 0. The summed E-state index contributed by atoms with van der Waals surface area (Å²) in [7, 11) is 0. The number of pyridine rings is 2. The molecule has 1 unspecified atom stereocenters. The minimum absolute atomic E-state index is 0.0965. The largest absolute Gasteiger partial charge is 0.332 e. The van der Waals surface area contributed by atoms with Crippen molar-refractivity contribution in [1.29, 1.82) is 0 Å². The first kappa shape index (κ1) is 15.9. The molecule has 3 rings (SSSR count). The third-order valence-electron chi connectivity index (χ3n) is 3.90. The lowest BCUT2D eigenvalue weighted by Gasteiger charge is -2.22. The van der Waals surface area contributed by atoms with E-state index in [2.05, 4.69) is 20.6 Å². The molecular weight excluding hydrogens is 306 g/mol. The van der Waals surface area contributed by atoms with Crippen molar-refractivity contribution in [2.45, 2.75) is 32.4 Å². The number of carbonyl (C=O) groups excluding carboxylic acids is 2. The van der Waals surface area contributed by atoms with E-state index in [9.17, 15) is 9.59 Å². The van der Waals surface area contributed by atoms with Crippen molar-refractivity contribution < 1.29 is 9.59 Å². The highest BCUT2D eigenvalue weighted by Crippen LogP contribution is 2.27. The summed E-state index contributed by atoms with van der Waals surface area (Å²) in [6.45, 7) is 2.34. The number of carbonyl (C=O) groups is 2. The van der Waals surface area contributed by atoms with E-state index >= 15 is 0 Å². The summed E-state index contributed by atoms with van der Waals surface area (Å²) in [6.07, 6.45) is 4.65. The highest BCUT2D eigenvalue weighted by molar-refractivity contribution is 5.97. The van der Waals surface area contributed by atoms with Gasteiger partial charge in [-0.3, -0.25) is 15.1 Å². The van der Waals surface area contributed by atoms with Crippen LogP contribution in [0, 0.1) is 0 Å². The maximum Gasteiger partial charge on any atom is 0.320 e. The molecule has 1 aliphatic heterocycles. The van der Waals surface area contributed by atoms with E-state index in [0.717, 1.165) is 17.8 Å². The number of amides is 3. The Morgan fingerprint density at radius 3 is 2.88 bits per heavy atom. The van der Waals surface area contributed by atoms with Crippen LogP contribution in [0.25, 0.3) is 0 Å². The Morgan fingerprint density at radius 1 is 1.29 bits per heavy atom. The highest BCUT2D eigenvalue weighted by atomic mass is 16.2. The van der Waals surface area contributed by atoms with Crippen LogP contribution in [0.2, 0.25) is 0 Å². The molecule has 1 aliphatic rings. The van der Waals surface area contributed by atoms with Crippen LogP contribution in [0.1, 0.15) is 25.5 Å². The molecule has 2 aromatic heterocycles. The van der Waals surface area contributed by atoms with Gasteiger partial charge in [0.2, 0.25) is 5.91 Å². The minimum Gasteiger partial charge on any atom is -0.332 e. The number of rotatable bonds is 4. The van der Waals surface area contributed by atoms with Crippen LogP contribution >= 0.6 is 0 Å². The molecule has 2 N–H and O–H groups in total. The molecule has 0 bridgehead atoms. The molecular formula is C17H19N5O2. The van der Waals surface area contributed by atoms with Gasteiger partial charge in [0.25, 0.3) is 0 Å². The number of nitrogens with zero attached hydrogens (tertiary/aromatic N) is 3. The van der Waals surface area contributed by atoms with Gasteiger partial charge in [0, 0.05) is 36.6 Å².